The van der Waals surface area contributed by atoms with Gasteiger partial charge in [0.2, 0.25) is 28.3 Å². The summed E-state index contributed by atoms with van der Waals surface area (Å²) >= 11 is 0. The van der Waals surface area contributed by atoms with Crippen molar-refractivity contribution >= 4 is 33.8 Å². The van der Waals surface area contributed by atoms with Gasteiger partial charge < -0.3 is 34.3 Å². The fourth-order valence-electron chi connectivity index (χ4n) is 7.18. The molecular weight excluding hydrogens is 735 g/mol. The monoisotopic (exact) mass is 787 g/mol. The number of carbonyl (C=O) groups excluding carboxylic acids is 4. The van der Waals surface area contributed by atoms with Crippen LogP contribution in [0, 0.1) is 11.3 Å². The maximum Gasteiger partial charge on any atom is 0.410 e. The van der Waals surface area contributed by atoms with Gasteiger partial charge in [-0.25, -0.2) is 13.2 Å². The first-order valence-corrected chi connectivity index (χ1v) is 20.2. The number of ether oxygens (including phenoxy) is 4. The molecule has 1 aromatic carbocycles. The van der Waals surface area contributed by atoms with E-state index in [1.165, 1.54) is 15.9 Å². The SMILES string of the molecule is C=C[C@H]1C[C@@]1(NC(=O)C1C[C@@H]2CN1C(=O)[C@H](C(C)(C)C)NC(O)OCC(C)(C)OC/C=C/COc1cccc3c1CN(C3)C(=O)O2)C(=O)NS(=O)(=O)C1CC1. The van der Waals surface area contributed by atoms with Crippen molar-refractivity contribution in [1.82, 2.24) is 25.2 Å². The first-order valence-electron chi connectivity index (χ1n) is 18.7. The lowest BCUT2D eigenvalue weighted by Crippen LogP contribution is -2.61. The number of hydrogen-bond donors (Lipinski definition) is 4. The molecule has 6 atom stereocenters. The molecule has 1 saturated heterocycles. The van der Waals surface area contributed by atoms with Gasteiger partial charge in [-0.1, -0.05) is 45.1 Å². The maximum absolute atomic E-state index is 14.5. The first kappa shape index (κ1) is 40.6. The van der Waals surface area contributed by atoms with Gasteiger partial charge >= 0.3 is 6.09 Å². The zero-order chi connectivity index (χ0) is 39.9. The Morgan fingerprint density at radius 1 is 1.11 bits per heavy atom. The van der Waals surface area contributed by atoms with Crippen molar-refractivity contribution in [3.8, 4) is 5.75 Å². The third-order valence-corrected chi connectivity index (χ3v) is 12.5. The predicted molar refractivity (Wildman–Crippen MR) is 198 cm³/mol. The number of hydrogen-bond acceptors (Lipinski definition) is 12. The average Bonchev–Trinajstić information content (AvgIpc) is 4.00. The van der Waals surface area contributed by atoms with Crippen molar-refractivity contribution in [2.45, 2.75) is 114 Å². The molecule has 16 nitrogen and oxygen atoms in total. The minimum Gasteiger partial charge on any atom is -0.489 e. The van der Waals surface area contributed by atoms with Gasteiger partial charge in [-0.2, -0.15) is 0 Å². The van der Waals surface area contributed by atoms with Gasteiger partial charge in [-0.15, -0.1) is 6.58 Å². The summed E-state index contributed by atoms with van der Waals surface area (Å²) in [6.07, 6.45) is 2.81. The number of nitrogens with zero attached hydrogens (tertiary/aromatic N) is 2. The van der Waals surface area contributed by atoms with Crippen molar-refractivity contribution in [3.63, 3.8) is 0 Å². The van der Waals surface area contributed by atoms with E-state index in [0.29, 0.717) is 18.6 Å². The van der Waals surface area contributed by atoms with Gasteiger partial charge in [0.25, 0.3) is 5.91 Å². The minimum atomic E-state index is -3.92. The second-order valence-electron chi connectivity index (χ2n) is 16.7. The van der Waals surface area contributed by atoms with Crippen LogP contribution in [0.2, 0.25) is 0 Å². The summed E-state index contributed by atoms with van der Waals surface area (Å²) in [6, 6.07) is 3.25. The standard InChI is InChI=1S/C38H53N5O11S/c1-7-24-18-38(24,33(46)41-55(49,50)26-13-14-26)40-31(44)28-17-25-20-43(28)32(45)30(36(2,3)4)39-34(47)52-22-37(5,6)53-16-9-8-15-51-29-12-10-11-23-19-42(21-27(23)29)35(48)54-25/h7-12,24-26,28,30,34,39,47H,1,13-22H2,2-6H3,(H,40,44)(H,41,46)/b9-8+/t24-,25+,28?,30+,34?,38-/m0/s1. The Balaban J connectivity index is 1.27. The van der Waals surface area contributed by atoms with Crippen molar-refractivity contribution in [2.24, 2.45) is 11.3 Å². The van der Waals surface area contributed by atoms with Gasteiger partial charge in [-0.3, -0.25) is 29.3 Å². The molecule has 4 N–H and O–H groups in total. The highest BCUT2D eigenvalue weighted by atomic mass is 32.2. The highest BCUT2D eigenvalue weighted by Crippen LogP contribution is 2.45. The lowest BCUT2D eigenvalue weighted by Gasteiger charge is -2.37. The summed E-state index contributed by atoms with van der Waals surface area (Å²) in [5.41, 5.74) is -1.50. The summed E-state index contributed by atoms with van der Waals surface area (Å²) in [6.45, 7) is 13.5. The number of rotatable bonds is 6. The van der Waals surface area contributed by atoms with Crippen LogP contribution in [-0.2, 0) is 51.7 Å². The third kappa shape index (κ3) is 9.17. The number of fused-ring (bicyclic) bond motifs is 3. The predicted octanol–water partition coefficient (Wildman–Crippen LogP) is 1.82. The minimum absolute atomic E-state index is 0.0406. The fraction of sp³-hybridized carbons (Fsp3) is 0.632. The molecule has 0 spiro atoms. The number of nitrogens with one attached hydrogen (secondary N) is 3. The Hall–Kier alpha value is -4.03. The molecule has 6 rings (SSSR count). The highest BCUT2D eigenvalue weighted by molar-refractivity contribution is 7.91. The number of sulfonamides is 1. The van der Waals surface area contributed by atoms with Crippen molar-refractivity contribution in [3.05, 3.63) is 54.1 Å². The first-order chi connectivity index (χ1) is 25.8. The molecule has 3 aliphatic heterocycles. The molecule has 3 fully saturated rings. The maximum atomic E-state index is 14.5. The molecule has 5 aliphatic rings. The van der Waals surface area contributed by atoms with Crippen molar-refractivity contribution in [2.75, 3.05) is 26.4 Å². The molecule has 3 heterocycles. The third-order valence-electron chi connectivity index (χ3n) is 10.6. The smallest absolute Gasteiger partial charge is 0.410 e. The molecule has 1 aromatic rings. The van der Waals surface area contributed by atoms with Gasteiger partial charge in [0.05, 0.1) is 43.2 Å². The number of amides is 4. The Bertz CT molecular complexity index is 1820. The Labute approximate surface area is 322 Å². The quantitative estimate of drug-likeness (QED) is 0.305. The van der Waals surface area contributed by atoms with Crippen LogP contribution < -0.4 is 20.1 Å². The number of aliphatic hydroxyl groups is 1. The molecule has 0 aromatic heterocycles. The fourth-order valence-corrected chi connectivity index (χ4v) is 8.55. The zero-order valence-electron chi connectivity index (χ0n) is 32.0. The molecule has 17 heteroatoms. The molecule has 0 radical (unpaired) electrons. The topological polar surface area (TPSA) is 202 Å². The molecular formula is C38H53N5O11S. The number of benzene rings is 1. The van der Waals surface area contributed by atoms with E-state index < -0.39 is 86.2 Å². The summed E-state index contributed by atoms with van der Waals surface area (Å²) in [5.74, 6) is -2.12. The lowest BCUT2D eigenvalue weighted by molar-refractivity contribution is -0.177. The largest absolute Gasteiger partial charge is 0.489 e. The van der Waals surface area contributed by atoms with Crippen LogP contribution in [0.1, 0.15) is 71.4 Å². The number of aliphatic hydroxyl groups excluding tert-OH is 1. The van der Waals surface area contributed by atoms with E-state index in [0.717, 1.165) is 11.1 Å². The van der Waals surface area contributed by atoms with Gasteiger partial charge in [-0.05, 0) is 56.2 Å². The molecule has 4 bridgehead atoms. The van der Waals surface area contributed by atoms with Crippen LogP contribution in [0.15, 0.2) is 43.0 Å². The van der Waals surface area contributed by atoms with E-state index in [2.05, 4.69) is 21.9 Å². The number of carbonyl (C=O) groups is 4. The lowest BCUT2D eigenvalue weighted by atomic mass is 9.85. The van der Waals surface area contributed by atoms with Crippen LogP contribution in [-0.4, -0.2) is 114 Å². The van der Waals surface area contributed by atoms with Gasteiger partial charge in [0.15, 0.2) is 0 Å². The second-order valence-corrected chi connectivity index (χ2v) is 18.6. The molecule has 2 aliphatic carbocycles. The summed E-state index contributed by atoms with van der Waals surface area (Å²) < 4.78 is 51.2. The van der Waals surface area contributed by atoms with Crippen LogP contribution in [0.3, 0.4) is 0 Å². The Morgan fingerprint density at radius 2 is 1.84 bits per heavy atom. The normalized spacial score (nSPS) is 30.9. The van der Waals surface area contributed by atoms with E-state index in [1.54, 1.807) is 34.6 Å². The summed E-state index contributed by atoms with van der Waals surface area (Å²) in [5, 5.41) is 15.9. The summed E-state index contributed by atoms with van der Waals surface area (Å²) in [7, 11) is -3.92. The molecule has 302 valence electrons. The van der Waals surface area contributed by atoms with E-state index in [9.17, 15) is 32.7 Å². The van der Waals surface area contributed by atoms with E-state index >= 15 is 0 Å². The van der Waals surface area contributed by atoms with E-state index in [-0.39, 0.29) is 52.3 Å². The average molecular weight is 788 g/mol. The Morgan fingerprint density at radius 3 is 2.51 bits per heavy atom. The second kappa shape index (κ2) is 15.5. The van der Waals surface area contributed by atoms with Crippen molar-refractivity contribution < 1.29 is 51.6 Å². The van der Waals surface area contributed by atoms with E-state index in [1.807, 2.05) is 30.4 Å². The molecule has 4 amide bonds. The highest BCUT2D eigenvalue weighted by Gasteiger charge is 2.62. The van der Waals surface area contributed by atoms with Crippen molar-refractivity contribution in [1.29, 1.82) is 0 Å². The van der Waals surface area contributed by atoms with Gasteiger partial charge in [0.1, 0.15) is 30.0 Å². The van der Waals surface area contributed by atoms with Crippen LogP contribution in [0.25, 0.3) is 0 Å². The van der Waals surface area contributed by atoms with Crippen LogP contribution in [0.4, 0.5) is 4.79 Å². The molecule has 2 unspecified atom stereocenters. The van der Waals surface area contributed by atoms with E-state index in [4.69, 9.17) is 18.9 Å². The molecule has 2 saturated carbocycles. The molecule has 55 heavy (non-hydrogen) atoms. The van der Waals surface area contributed by atoms with Gasteiger partial charge in [0, 0.05) is 24.4 Å². The van der Waals surface area contributed by atoms with Crippen LogP contribution in [0.5, 0.6) is 5.75 Å². The van der Waals surface area contributed by atoms with Crippen LogP contribution >= 0.6 is 0 Å². The Kier molecular flexibility index (Phi) is 11.4. The zero-order valence-corrected chi connectivity index (χ0v) is 32.9. The summed E-state index contributed by atoms with van der Waals surface area (Å²) in [4.78, 5) is 58.7.